The zero-order valence-electron chi connectivity index (χ0n) is 12.0. The van der Waals surface area contributed by atoms with Crippen molar-refractivity contribution in [3.63, 3.8) is 0 Å². The zero-order valence-corrected chi connectivity index (χ0v) is 12.8. The predicted molar refractivity (Wildman–Crippen MR) is 81.3 cm³/mol. The topological polar surface area (TPSA) is 49.4 Å². The molecule has 1 amide bonds. The number of rotatable bonds is 4. The molecule has 0 spiro atoms. The second-order valence-corrected chi connectivity index (χ2v) is 5.07. The summed E-state index contributed by atoms with van der Waals surface area (Å²) in [6, 6.07) is 5.59. The van der Waals surface area contributed by atoms with E-state index in [1.807, 2.05) is 11.8 Å². The number of ketones is 1. The maximum Gasteiger partial charge on any atom is 0.223 e. The lowest BCUT2D eigenvalue weighted by Gasteiger charge is -2.34. The van der Waals surface area contributed by atoms with E-state index in [-0.39, 0.29) is 48.8 Å². The Balaban J connectivity index is 0.00000220. The van der Waals surface area contributed by atoms with E-state index in [1.54, 1.807) is 0 Å². The van der Waals surface area contributed by atoms with Crippen LogP contribution in [0.5, 0.6) is 0 Å². The van der Waals surface area contributed by atoms with Gasteiger partial charge in [0, 0.05) is 44.1 Å². The first-order valence-corrected chi connectivity index (χ1v) is 6.87. The number of benzene rings is 1. The van der Waals surface area contributed by atoms with E-state index in [2.05, 4.69) is 5.32 Å². The third kappa shape index (κ3) is 4.79. The van der Waals surface area contributed by atoms with Crippen molar-refractivity contribution in [2.24, 2.45) is 0 Å². The Labute approximate surface area is 130 Å². The minimum absolute atomic E-state index is 0. The number of hydrogen-bond acceptors (Lipinski definition) is 3. The minimum Gasteiger partial charge on any atom is -0.337 e. The van der Waals surface area contributed by atoms with Crippen LogP contribution in [-0.2, 0) is 4.79 Å². The van der Waals surface area contributed by atoms with Gasteiger partial charge in [-0.25, -0.2) is 4.39 Å². The van der Waals surface area contributed by atoms with Crippen molar-refractivity contribution in [3.05, 3.63) is 35.6 Å². The van der Waals surface area contributed by atoms with E-state index in [9.17, 15) is 14.0 Å². The Kier molecular flexibility index (Phi) is 6.78. The van der Waals surface area contributed by atoms with Gasteiger partial charge in [0.05, 0.1) is 0 Å². The molecule has 1 heterocycles. The van der Waals surface area contributed by atoms with Crippen molar-refractivity contribution in [2.45, 2.75) is 25.8 Å². The predicted octanol–water partition coefficient (Wildman–Crippen LogP) is 2.03. The molecule has 116 valence electrons. The van der Waals surface area contributed by atoms with Crippen LogP contribution < -0.4 is 5.32 Å². The first-order valence-electron chi connectivity index (χ1n) is 6.87. The van der Waals surface area contributed by atoms with Gasteiger partial charge in [-0.1, -0.05) is 0 Å². The number of nitrogens with zero attached hydrogens (tertiary/aromatic N) is 1. The van der Waals surface area contributed by atoms with Crippen LogP contribution in [0.3, 0.4) is 0 Å². The molecule has 0 saturated carbocycles. The van der Waals surface area contributed by atoms with Gasteiger partial charge in [-0.05, 0) is 31.2 Å². The highest BCUT2D eigenvalue weighted by molar-refractivity contribution is 5.97. The van der Waals surface area contributed by atoms with E-state index >= 15 is 0 Å². The van der Waals surface area contributed by atoms with Gasteiger partial charge in [0.1, 0.15) is 5.82 Å². The van der Waals surface area contributed by atoms with Crippen LogP contribution in [0.4, 0.5) is 4.39 Å². The highest BCUT2D eigenvalue weighted by Crippen LogP contribution is 2.10. The molecule has 1 saturated heterocycles. The molecule has 0 radical (unpaired) electrons. The number of nitrogens with one attached hydrogen (secondary N) is 1. The van der Waals surface area contributed by atoms with Crippen molar-refractivity contribution >= 4 is 24.1 Å². The van der Waals surface area contributed by atoms with Crippen molar-refractivity contribution in [2.75, 3.05) is 19.6 Å². The van der Waals surface area contributed by atoms with Crippen LogP contribution in [0.25, 0.3) is 0 Å². The minimum atomic E-state index is -0.368. The Morgan fingerprint density at radius 3 is 2.57 bits per heavy atom. The Hall–Kier alpha value is -1.46. The van der Waals surface area contributed by atoms with Crippen LogP contribution in [-0.4, -0.2) is 42.3 Å². The molecule has 0 aliphatic carbocycles. The van der Waals surface area contributed by atoms with E-state index in [4.69, 9.17) is 0 Å². The number of carbonyl (C=O) groups excluding carboxylic acids is 2. The first kappa shape index (κ1) is 17.6. The van der Waals surface area contributed by atoms with E-state index < -0.39 is 0 Å². The summed E-state index contributed by atoms with van der Waals surface area (Å²) in [5, 5.41) is 3.22. The maximum absolute atomic E-state index is 12.8. The third-order valence-electron chi connectivity index (χ3n) is 3.55. The fourth-order valence-electron chi connectivity index (χ4n) is 2.36. The molecule has 1 aliphatic heterocycles. The fourth-order valence-corrected chi connectivity index (χ4v) is 2.36. The summed E-state index contributed by atoms with van der Waals surface area (Å²) >= 11 is 0. The highest BCUT2D eigenvalue weighted by atomic mass is 35.5. The number of piperazine rings is 1. The lowest BCUT2D eigenvalue weighted by atomic mass is 10.1. The number of halogens is 2. The molecule has 1 fully saturated rings. The van der Waals surface area contributed by atoms with E-state index in [1.165, 1.54) is 24.3 Å². The van der Waals surface area contributed by atoms with Crippen LogP contribution >= 0.6 is 12.4 Å². The lowest BCUT2D eigenvalue weighted by Crippen LogP contribution is -2.52. The van der Waals surface area contributed by atoms with Gasteiger partial charge in [-0.15, -0.1) is 12.4 Å². The molecule has 1 aromatic carbocycles. The molecule has 1 atom stereocenters. The molecule has 1 aromatic rings. The van der Waals surface area contributed by atoms with Gasteiger partial charge >= 0.3 is 0 Å². The normalized spacial score (nSPS) is 18.0. The van der Waals surface area contributed by atoms with Crippen molar-refractivity contribution in [3.8, 4) is 0 Å². The monoisotopic (exact) mass is 314 g/mol. The molecule has 1 aliphatic rings. The van der Waals surface area contributed by atoms with Gasteiger partial charge in [-0.3, -0.25) is 9.59 Å². The van der Waals surface area contributed by atoms with Gasteiger partial charge in [0.2, 0.25) is 5.91 Å². The number of hydrogen-bond donors (Lipinski definition) is 1. The summed E-state index contributed by atoms with van der Waals surface area (Å²) < 4.78 is 12.8. The second kappa shape index (κ2) is 8.10. The third-order valence-corrected chi connectivity index (χ3v) is 3.55. The van der Waals surface area contributed by atoms with Crippen LogP contribution in [0.2, 0.25) is 0 Å². The quantitative estimate of drug-likeness (QED) is 0.865. The molecule has 0 bridgehead atoms. The fraction of sp³-hybridized carbons (Fsp3) is 0.467. The molecule has 4 nitrogen and oxygen atoms in total. The summed E-state index contributed by atoms with van der Waals surface area (Å²) in [5.41, 5.74) is 0.451. The average molecular weight is 315 g/mol. The Morgan fingerprint density at radius 2 is 1.95 bits per heavy atom. The average Bonchev–Trinajstić information content (AvgIpc) is 2.45. The molecule has 2 rings (SSSR count). The van der Waals surface area contributed by atoms with Gasteiger partial charge in [0.25, 0.3) is 0 Å². The van der Waals surface area contributed by atoms with E-state index in [0.29, 0.717) is 12.1 Å². The number of amides is 1. The van der Waals surface area contributed by atoms with Gasteiger partial charge in [-0.2, -0.15) is 0 Å². The zero-order chi connectivity index (χ0) is 14.5. The van der Waals surface area contributed by atoms with Crippen LogP contribution in [0.15, 0.2) is 24.3 Å². The first-order chi connectivity index (χ1) is 9.58. The summed E-state index contributed by atoms with van der Waals surface area (Å²) in [6.45, 7) is 4.26. The SMILES string of the molecule is C[C@H]1CNCCN1C(=O)CCC(=O)c1ccc(F)cc1.Cl. The van der Waals surface area contributed by atoms with Crippen molar-refractivity contribution in [1.82, 2.24) is 10.2 Å². The second-order valence-electron chi connectivity index (χ2n) is 5.07. The summed E-state index contributed by atoms with van der Waals surface area (Å²) in [5.74, 6) is -0.483. The molecule has 1 N–H and O–H groups in total. The molecular weight excluding hydrogens is 295 g/mol. The summed E-state index contributed by atoms with van der Waals surface area (Å²) in [4.78, 5) is 25.8. The molecular formula is C15H20ClFN2O2. The van der Waals surface area contributed by atoms with Gasteiger partial charge in [0.15, 0.2) is 5.78 Å². The van der Waals surface area contributed by atoms with E-state index in [0.717, 1.165) is 13.1 Å². The van der Waals surface area contributed by atoms with Crippen molar-refractivity contribution < 1.29 is 14.0 Å². The smallest absolute Gasteiger partial charge is 0.223 e. The lowest BCUT2D eigenvalue weighted by molar-refractivity contribution is -0.133. The summed E-state index contributed by atoms with van der Waals surface area (Å²) in [7, 11) is 0. The Bertz CT molecular complexity index is 493. The molecule has 6 heteroatoms. The molecule has 0 aromatic heterocycles. The van der Waals surface area contributed by atoms with Crippen molar-refractivity contribution in [1.29, 1.82) is 0 Å². The number of carbonyl (C=O) groups is 2. The number of Topliss-reactive ketones (excluding diaryl/α,β-unsaturated/α-hetero) is 1. The Morgan fingerprint density at radius 1 is 1.29 bits per heavy atom. The highest BCUT2D eigenvalue weighted by Gasteiger charge is 2.23. The van der Waals surface area contributed by atoms with Gasteiger partial charge < -0.3 is 10.2 Å². The van der Waals surface area contributed by atoms with Crippen LogP contribution in [0.1, 0.15) is 30.1 Å². The standard InChI is InChI=1S/C15H19FN2O2.ClH/c1-11-10-17-8-9-18(11)15(20)7-6-14(19)12-2-4-13(16)5-3-12;/h2-5,11,17H,6-10H2,1H3;1H/t11-;/m0./s1. The maximum atomic E-state index is 12.8. The molecule has 21 heavy (non-hydrogen) atoms. The summed E-state index contributed by atoms with van der Waals surface area (Å²) in [6.07, 6.45) is 0.377. The molecule has 0 unspecified atom stereocenters. The van der Waals surface area contributed by atoms with Crippen LogP contribution in [0, 0.1) is 5.82 Å². The largest absolute Gasteiger partial charge is 0.337 e.